The number of ketones is 1. The molecular weight excluding hydrogens is 248 g/mol. The molecule has 2 nitrogen and oxygen atoms in total. The van der Waals surface area contributed by atoms with Crippen LogP contribution in [0.2, 0.25) is 5.02 Å². The van der Waals surface area contributed by atoms with Crippen molar-refractivity contribution in [3.05, 3.63) is 70.8 Å². The van der Waals surface area contributed by atoms with Crippen molar-refractivity contribution in [3.63, 3.8) is 0 Å². The number of phenolic OH excluding ortho intramolecular Hbond substituents is 1. The van der Waals surface area contributed by atoms with Crippen molar-refractivity contribution in [1.82, 2.24) is 0 Å². The Labute approximate surface area is 110 Å². The highest BCUT2D eigenvalue weighted by Crippen LogP contribution is 2.22. The van der Waals surface area contributed by atoms with Gasteiger partial charge < -0.3 is 5.11 Å². The minimum absolute atomic E-state index is 0.106. The van der Waals surface area contributed by atoms with Gasteiger partial charge in [0.1, 0.15) is 5.75 Å². The summed E-state index contributed by atoms with van der Waals surface area (Å²) in [5.74, 6) is -0.363. The Morgan fingerprint density at radius 3 is 2.50 bits per heavy atom. The van der Waals surface area contributed by atoms with Crippen molar-refractivity contribution in [2.45, 2.75) is 0 Å². The van der Waals surface area contributed by atoms with Crippen molar-refractivity contribution in [2.75, 3.05) is 0 Å². The third-order valence-electron chi connectivity index (χ3n) is 2.45. The molecule has 0 amide bonds. The van der Waals surface area contributed by atoms with Crippen molar-refractivity contribution >= 4 is 23.5 Å². The van der Waals surface area contributed by atoms with Crippen LogP contribution in [0.25, 0.3) is 6.08 Å². The summed E-state index contributed by atoms with van der Waals surface area (Å²) >= 11 is 5.71. The zero-order chi connectivity index (χ0) is 13.0. The lowest BCUT2D eigenvalue weighted by atomic mass is 10.1. The van der Waals surface area contributed by atoms with E-state index in [1.54, 1.807) is 12.1 Å². The van der Waals surface area contributed by atoms with E-state index < -0.39 is 0 Å². The van der Waals surface area contributed by atoms with Crippen LogP contribution in [0.5, 0.6) is 5.75 Å². The fraction of sp³-hybridized carbons (Fsp3) is 0. The highest BCUT2D eigenvalue weighted by Gasteiger charge is 2.08. The maximum absolute atomic E-state index is 11.9. The van der Waals surface area contributed by atoms with Gasteiger partial charge in [0.2, 0.25) is 0 Å². The molecule has 0 aliphatic rings. The number of allylic oxidation sites excluding steroid dienone is 1. The molecular formula is C15H11ClO2. The maximum atomic E-state index is 11.9. The van der Waals surface area contributed by atoms with E-state index in [-0.39, 0.29) is 17.1 Å². The topological polar surface area (TPSA) is 37.3 Å². The predicted octanol–water partition coefficient (Wildman–Crippen LogP) is 3.94. The normalized spacial score (nSPS) is 10.7. The number of hydrogen-bond acceptors (Lipinski definition) is 2. The summed E-state index contributed by atoms with van der Waals surface area (Å²) in [5, 5.41) is 10.0. The molecule has 0 aromatic heterocycles. The minimum Gasteiger partial charge on any atom is -0.507 e. The van der Waals surface area contributed by atoms with E-state index in [0.29, 0.717) is 5.02 Å². The van der Waals surface area contributed by atoms with E-state index in [1.165, 1.54) is 18.2 Å². The van der Waals surface area contributed by atoms with Gasteiger partial charge >= 0.3 is 0 Å². The zero-order valence-corrected chi connectivity index (χ0v) is 10.3. The van der Waals surface area contributed by atoms with Crippen LogP contribution < -0.4 is 0 Å². The monoisotopic (exact) mass is 258 g/mol. The first-order valence-electron chi connectivity index (χ1n) is 5.43. The molecule has 3 heteroatoms. The smallest absolute Gasteiger partial charge is 0.189 e. The van der Waals surface area contributed by atoms with Gasteiger partial charge in [0, 0.05) is 5.02 Å². The maximum Gasteiger partial charge on any atom is 0.189 e. The third-order valence-corrected chi connectivity index (χ3v) is 2.69. The average molecular weight is 259 g/mol. The number of phenols is 1. The van der Waals surface area contributed by atoms with Gasteiger partial charge in [-0.2, -0.15) is 0 Å². The molecule has 0 aliphatic carbocycles. The second-order valence-corrected chi connectivity index (χ2v) is 4.21. The van der Waals surface area contributed by atoms with Gasteiger partial charge in [-0.3, -0.25) is 4.79 Å². The second-order valence-electron chi connectivity index (χ2n) is 3.77. The molecule has 0 unspecified atom stereocenters. The first-order valence-corrected chi connectivity index (χ1v) is 5.80. The van der Waals surface area contributed by atoms with Gasteiger partial charge in [0.05, 0.1) is 5.56 Å². The SMILES string of the molecule is O=C(C=Cc1ccccc1)c1ccc(Cl)cc1O. The van der Waals surface area contributed by atoms with Gasteiger partial charge in [-0.1, -0.05) is 48.0 Å². The summed E-state index contributed by atoms with van der Waals surface area (Å²) in [7, 11) is 0. The Morgan fingerprint density at radius 2 is 1.83 bits per heavy atom. The van der Waals surface area contributed by atoms with Crippen LogP contribution in [0.4, 0.5) is 0 Å². The quantitative estimate of drug-likeness (QED) is 0.669. The fourth-order valence-electron chi connectivity index (χ4n) is 1.54. The highest BCUT2D eigenvalue weighted by atomic mass is 35.5. The molecule has 0 fully saturated rings. The van der Waals surface area contributed by atoms with Gasteiger partial charge in [-0.25, -0.2) is 0 Å². The summed E-state index contributed by atoms with van der Waals surface area (Å²) in [5.41, 5.74) is 1.17. The number of benzene rings is 2. The van der Waals surface area contributed by atoms with E-state index in [0.717, 1.165) is 5.56 Å². The van der Waals surface area contributed by atoms with Gasteiger partial charge in [-0.15, -0.1) is 0 Å². The summed E-state index contributed by atoms with van der Waals surface area (Å²) in [4.78, 5) is 11.9. The van der Waals surface area contributed by atoms with Crippen LogP contribution in [0, 0.1) is 0 Å². The second kappa shape index (κ2) is 5.52. The Hall–Kier alpha value is -2.06. The molecule has 2 rings (SSSR count). The number of carbonyl (C=O) groups excluding carboxylic acids is 1. The lowest BCUT2D eigenvalue weighted by molar-refractivity contribution is 0.104. The number of hydrogen-bond donors (Lipinski definition) is 1. The predicted molar refractivity (Wildman–Crippen MR) is 72.9 cm³/mol. The molecule has 0 aliphatic heterocycles. The van der Waals surface area contributed by atoms with Crippen LogP contribution >= 0.6 is 11.6 Å². The Kier molecular flexibility index (Phi) is 3.80. The summed E-state index contributed by atoms with van der Waals surface area (Å²) in [6.07, 6.45) is 3.13. The molecule has 1 N–H and O–H groups in total. The van der Waals surface area contributed by atoms with Gasteiger partial charge in [0.15, 0.2) is 5.78 Å². The van der Waals surface area contributed by atoms with Crippen LogP contribution in [-0.4, -0.2) is 10.9 Å². The van der Waals surface area contributed by atoms with Gasteiger partial charge in [-0.05, 0) is 29.8 Å². The van der Waals surface area contributed by atoms with Crippen LogP contribution in [0.3, 0.4) is 0 Å². The molecule has 0 heterocycles. The number of carbonyl (C=O) groups is 1. The highest BCUT2D eigenvalue weighted by molar-refractivity contribution is 6.31. The molecule has 0 spiro atoms. The first-order chi connectivity index (χ1) is 8.66. The standard InChI is InChI=1S/C15H11ClO2/c16-12-7-8-13(15(18)10-12)14(17)9-6-11-4-2-1-3-5-11/h1-10,18H. The Bertz CT molecular complexity index is 589. The minimum atomic E-state index is -0.256. The van der Waals surface area contributed by atoms with Gasteiger partial charge in [0.25, 0.3) is 0 Å². The lowest BCUT2D eigenvalue weighted by Crippen LogP contribution is -1.94. The van der Waals surface area contributed by atoms with Crippen LogP contribution in [0.1, 0.15) is 15.9 Å². The fourth-order valence-corrected chi connectivity index (χ4v) is 1.71. The lowest BCUT2D eigenvalue weighted by Gasteiger charge is -2.00. The van der Waals surface area contributed by atoms with Crippen molar-refractivity contribution in [1.29, 1.82) is 0 Å². The zero-order valence-electron chi connectivity index (χ0n) is 9.51. The van der Waals surface area contributed by atoms with Crippen LogP contribution in [0.15, 0.2) is 54.6 Å². The molecule has 0 atom stereocenters. The van der Waals surface area contributed by atoms with E-state index in [2.05, 4.69) is 0 Å². The molecule has 0 saturated carbocycles. The molecule has 0 saturated heterocycles. The molecule has 0 bridgehead atoms. The molecule has 90 valence electrons. The summed E-state index contributed by atoms with van der Waals surface area (Å²) < 4.78 is 0. The van der Waals surface area contributed by atoms with E-state index in [9.17, 15) is 9.90 Å². The van der Waals surface area contributed by atoms with E-state index in [4.69, 9.17) is 11.6 Å². The molecule has 2 aromatic rings. The van der Waals surface area contributed by atoms with E-state index in [1.807, 2.05) is 30.3 Å². The first kappa shape index (κ1) is 12.4. The summed E-state index contributed by atoms with van der Waals surface area (Å²) in [6, 6.07) is 13.9. The average Bonchev–Trinajstić information content (AvgIpc) is 2.37. The number of halogens is 1. The molecule has 0 radical (unpaired) electrons. The number of aromatic hydroxyl groups is 1. The summed E-state index contributed by atoms with van der Waals surface area (Å²) in [6.45, 7) is 0. The largest absolute Gasteiger partial charge is 0.507 e. The van der Waals surface area contributed by atoms with Crippen molar-refractivity contribution in [3.8, 4) is 5.75 Å². The van der Waals surface area contributed by atoms with Crippen LogP contribution in [-0.2, 0) is 0 Å². The van der Waals surface area contributed by atoms with E-state index >= 15 is 0 Å². The third kappa shape index (κ3) is 2.99. The molecule has 2 aromatic carbocycles. The number of rotatable bonds is 3. The Morgan fingerprint density at radius 1 is 1.11 bits per heavy atom. The van der Waals surface area contributed by atoms with Crippen molar-refractivity contribution in [2.24, 2.45) is 0 Å². The molecule has 18 heavy (non-hydrogen) atoms. The Balaban J connectivity index is 2.20. The van der Waals surface area contributed by atoms with Crippen molar-refractivity contribution < 1.29 is 9.90 Å².